The van der Waals surface area contributed by atoms with Crippen molar-refractivity contribution in [2.75, 3.05) is 19.7 Å². The van der Waals surface area contributed by atoms with Crippen LogP contribution in [0.15, 0.2) is 36.9 Å². The summed E-state index contributed by atoms with van der Waals surface area (Å²) in [6, 6.07) is 4.14. The molecule has 4 rings (SSSR count). The van der Waals surface area contributed by atoms with E-state index in [1.165, 1.54) is 5.56 Å². The molecule has 0 bridgehead atoms. The maximum Gasteiger partial charge on any atom is 0.222 e. The average Bonchev–Trinajstić information content (AvgIpc) is 3.10. The van der Waals surface area contributed by atoms with E-state index in [0.717, 1.165) is 38.2 Å². The van der Waals surface area contributed by atoms with Gasteiger partial charge in [-0.1, -0.05) is 0 Å². The number of rotatable bonds is 6. The number of ether oxygens (including phenoxy) is 1. The number of carbonyl (C=O) groups excluding carboxylic acids is 1. The van der Waals surface area contributed by atoms with Gasteiger partial charge in [0.05, 0.1) is 25.7 Å². The topological polar surface area (TPSA) is 80.2 Å². The third-order valence-electron chi connectivity index (χ3n) is 5.70. The highest BCUT2D eigenvalue weighted by atomic mass is 16.5. The van der Waals surface area contributed by atoms with Crippen LogP contribution in [0.25, 0.3) is 0 Å². The number of carbonyl (C=O) groups is 1. The largest absolute Gasteiger partial charge is 0.377 e. The van der Waals surface area contributed by atoms with Gasteiger partial charge in [-0.2, -0.15) is 0 Å². The summed E-state index contributed by atoms with van der Waals surface area (Å²) >= 11 is 0. The van der Waals surface area contributed by atoms with Crippen molar-refractivity contribution in [1.82, 2.24) is 25.2 Å². The lowest BCUT2D eigenvalue weighted by Crippen LogP contribution is -2.41. The van der Waals surface area contributed by atoms with Crippen molar-refractivity contribution in [3.05, 3.63) is 53.9 Å². The first-order valence-corrected chi connectivity index (χ1v) is 9.94. The minimum absolute atomic E-state index is 0.00837. The number of amides is 1. The van der Waals surface area contributed by atoms with Crippen molar-refractivity contribution in [3.8, 4) is 0 Å². The Morgan fingerprint density at radius 2 is 2.07 bits per heavy atom. The number of nitrogens with zero attached hydrogens (tertiary/aromatic N) is 4. The van der Waals surface area contributed by atoms with Crippen LogP contribution in [0.1, 0.15) is 29.8 Å². The molecule has 28 heavy (non-hydrogen) atoms. The second kappa shape index (κ2) is 8.75. The molecule has 148 valence electrons. The molecule has 2 aromatic heterocycles. The third-order valence-corrected chi connectivity index (χ3v) is 5.70. The van der Waals surface area contributed by atoms with Gasteiger partial charge in [-0.15, -0.1) is 0 Å². The van der Waals surface area contributed by atoms with Gasteiger partial charge < -0.3 is 10.1 Å². The van der Waals surface area contributed by atoms with Gasteiger partial charge in [0.25, 0.3) is 0 Å². The van der Waals surface area contributed by atoms with E-state index in [2.05, 4.69) is 37.3 Å². The van der Waals surface area contributed by atoms with Crippen molar-refractivity contribution >= 4 is 5.91 Å². The van der Waals surface area contributed by atoms with Gasteiger partial charge in [-0.3, -0.25) is 14.7 Å². The van der Waals surface area contributed by atoms with Gasteiger partial charge >= 0.3 is 0 Å². The molecule has 1 amide bonds. The SMILES string of the molecule is Cc1cnc(CNC(=O)C[C@@H]2OC[C@H]3CN(Cc4ccncc4)CC[C@H]32)nc1. The number of pyridine rings is 1. The quantitative estimate of drug-likeness (QED) is 0.821. The summed E-state index contributed by atoms with van der Waals surface area (Å²) in [5.74, 6) is 1.62. The van der Waals surface area contributed by atoms with Gasteiger partial charge in [0, 0.05) is 43.8 Å². The van der Waals surface area contributed by atoms with Crippen molar-refractivity contribution in [3.63, 3.8) is 0 Å². The Bertz CT molecular complexity index is 783. The molecule has 2 aliphatic heterocycles. The zero-order chi connectivity index (χ0) is 19.3. The van der Waals surface area contributed by atoms with E-state index in [0.29, 0.717) is 30.6 Å². The molecule has 4 heterocycles. The molecule has 2 aromatic rings. The fraction of sp³-hybridized carbons (Fsp3) is 0.524. The fourth-order valence-corrected chi connectivity index (χ4v) is 4.21. The van der Waals surface area contributed by atoms with E-state index in [1.54, 1.807) is 12.4 Å². The monoisotopic (exact) mass is 381 g/mol. The molecule has 3 atom stereocenters. The Labute approximate surface area is 165 Å². The van der Waals surface area contributed by atoms with Crippen LogP contribution in [0.2, 0.25) is 0 Å². The number of nitrogens with one attached hydrogen (secondary N) is 1. The van der Waals surface area contributed by atoms with Crippen LogP contribution in [0, 0.1) is 18.8 Å². The highest BCUT2D eigenvalue weighted by molar-refractivity contribution is 5.76. The highest BCUT2D eigenvalue weighted by Crippen LogP contribution is 2.36. The van der Waals surface area contributed by atoms with Gasteiger partial charge in [0.1, 0.15) is 5.82 Å². The second-order valence-corrected chi connectivity index (χ2v) is 7.83. The summed E-state index contributed by atoms with van der Waals surface area (Å²) in [4.78, 5) is 27.4. The minimum Gasteiger partial charge on any atom is -0.377 e. The predicted molar refractivity (Wildman–Crippen MR) is 104 cm³/mol. The Morgan fingerprint density at radius 1 is 1.29 bits per heavy atom. The van der Waals surface area contributed by atoms with Crippen LogP contribution in [0.4, 0.5) is 0 Å². The second-order valence-electron chi connectivity index (χ2n) is 7.83. The molecule has 1 N–H and O–H groups in total. The third kappa shape index (κ3) is 4.72. The zero-order valence-corrected chi connectivity index (χ0v) is 16.3. The summed E-state index contributed by atoms with van der Waals surface area (Å²) < 4.78 is 6.01. The number of aryl methyl sites for hydroxylation is 1. The molecular weight excluding hydrogens is 354 g/mol. The van der Waals surface area contributed by atoms with E-state index in [-0.39, 0.29) is 12.0 Å². The molecule has 7 heteroatoms. The van der Waals surface area contributed by atoms with Gasteiger partial charge in [0.2, 0.25) is 5.91 Å². The van der Waals surface area contributed by atoms with E-state index < -0.39 is 0 Å². The van der Waals surface area contributed by atoms with Crippen LogP contribution in [0.5, 0.6) is 0 Å². The number of hydrogen-bond acceptors (Lipinski definition) is 6. The van der Waals surface area contributed by atoms with E-state index in [4.69, 9.17) is 4.74 Å². The molecule has 7 nitrogen and oxygen atoms in total. The highest BCUT2D eigenvalue weighted by Gasteiger charge is 2.41. The Kier molecular flexibility index (Phi) is 5.92. The lowest BCUT2D eigenvalue weighted by molar-refractivity contribution is -0.124. The number of aromatic nitrogens is 3. The standard InChI is InChI=1S/C21H27N5O2/c1-15-9-23-20(24-10-15)11-25-21(27)8-19-18-4-7-26(13-17(18)14-28-19)12-16-2-5-22-6-3-16/h2-3,5-6,9-10,17-19H,4,7-8,11-14H2,1H3,(H,25,27)/t17-,18-,19+/m1/s1. The number of likely N-dealkylation sites (tertiary alicyclic amines) is 1. The molecule has 2 aliphatic rings. The smallest absolute Gasteiger partial charge is 0.222 e. The minimum atomic E-state index is 0.00837. The molecule has 2 fully saturated rings. The Morgan fingerprint density at radius 3 is 2.86 bits per heavy atom. The first-order valence-electron chi connectivity index (χ1n) is 9.94. The van der Waals surface area contributed by atoms with Crippen molar-refractivity contribution in [2.45, 2.75) is 39.0 Å². The van der Waals surface area contributed by atoms with Gasteiger partial charge in [-0.05, 0) is 49.1 Å². The van der Waals surface area contributed by atoms with Crippen LogP contribution in [-0.2, 0) is 22.6 Å². The van der Waals surface area contributed by atoms with Crippen LogP contribution >= 0.6 is 0 Å². The van der Waals surface area contributed by atoms with Crippen molar-refractivity contribution < 1.29 is 9.53 Å². The van der Waals surface area contributed by atoms with E-state index in [1.807, 2.05) is 19.3 Å². The molecule has 2 saturated heterocycles. The number of hydrogen-bond donors (Lipinski definition) is 1. The first-order chi connectivity index (χ1) is 13.7. The first kappa shape index (κ1) is 19.0. The van der Waals surface area contributed by atoms with Gasteiger partial charge in [0.15, 0.2) is 0 Å². The summed E-state index contributed by atoms with van der Waals surface area (Å²) in [6.07, 6.45) is 8.73. The molecule has 0 saturated carbocycles. The van der Waals surface area contributed by atoms with Crippen LogP contribution in [-0.4, -0.2) is 51.6 Å². The van der Waals surface area contributed by atoms with Crippen LogP contribution < -0.4 is 5.32 Å². The molecule has 0 unspecified atom stereocenters. The van der Waals surface area contributed by atoms with E-state index >= 15 is 0 Å². The molecule has 0 aliphatic carbocycles. The maximum atomic E-state index is 12.4. The van der Waals surface area contributed by atoms with Crippen molar-refractivity contribution in [2.24, 2.45) is 11.8 Å². The molecule has 0 aromatic carbocycles. The number of fused-ring (bicyclic) bond motifs is 1. The summed E-state index contributed by atoms with van der Waals surface area (Å²) in [5, 5.41) is 2.92. The van der Waals surface area contributed by atoms with Crippen LogP contribution in [0.3, 0.4) is 0 Å². The summed E-state index contributed by atoms with van der Waals surface area (Å²) in [7, 11) is 0. The maximum absolute atomic E-state index is 12.4. The molecular formula is C21H27N5O2. The lowest BCUT2D eigenvalue weighted by Gasteiger charge is -2.35. The summed E-state index contributed by atoms with van der Waals surface area (Å²) in [6.45, 7) is 6.08. The molecule has 0 radical (unpaired) electrons. The van der Waals surface area contributed by atoms with Gasteiger partial charge in [-0.25, -0.2) is 9.97 Å². The lowest BCUT2D eigenvalue weighted by atomic mass is 9.83. The van der Waals surface area contributed by atoms with Crippen molar-refractivity contribution in [1.29, 1.82) is 0 Å². The summed E-state index contributed by atoms with van der Waals surface area (Å²) in [5.41, 5.74) is 2.30. The average molecular weight is 381 g/mol. The molecule has 0 spiro atoms. The van der Waals surface area contributed by atoms with E-state index in [9.17, 15) is 4.79 Å². The normalized spacial score (nSPS) is 24.7. The predicted octanol–water partition coefficient (Wildman–Crippen LogP) is 1.72. The Balaban J connectivity index is 1.24. The fourth-order valence-electron chi connectivity index (χ4n) is 4.21. The number of piperidine rings is 1. The zero-order valence-electron chi connectivity index (χ0n) is 16.3. The Hall–Kier alpha value is -2.38.